The van der Waals surface area contributed by atoms with Crippen molar-refractivity contribution in [1.82, 2.24) is 19.9 Å². The van der Waals surface area contributed by atoms with Gasteiger partial charge in [0.1, 0.15) is 12.8 Å². The number of aromatic nitrogens is 3. The zero-order chi connectivity index (χ0) is 22.0. The number of amides is 2. The van der Waals surface area contributed by atoms with Crippen molar-refractivity contribution in [3.8, 4) is 0 Å². The molecule has 2 amide bonds. The maximum absolute atomic E-state index is 14.6. The molecule has 9 nitrogen and oxygen atoms in total. The van der Waals surface area contributed by atoms with Crippen LogP contribution in [0.15, 0.2) is 30.3 Å². The maximum atomic E-state index is 14.6. The number of halogens is 1. The summed E-state index contributed by atoms with van der Waals surface area (Å²) in [5.41, 5.74) is 1.60. The van der Waals surface area contributed by atoms with Crippen LogP contribution in [-0.4, -0.2) is 51.9 Å². The van der Waals surface area contributed by atoms with E-state index in [9.17, 15) is 14.0 Å². The van der Waals surface area contributed by atoms with Crippen molar-refractivity contribution < 1.29 is 18.7 Å². The molecule has 1 aliphatic heterocycles. The lowest BCUT2D eigenvalue weighted by Gasteiger charge is -2.15. The third-order valence-corrected chi connectivity index (χ3v) is 5.90. The summed E-state index contributed by atoms with van der Waals surface area (Å²) >= 11 is 1.31. The largest absolute Gasteiger partial charge is 0.445 e. The molecule has 0 radical (unpaired) electrons. The first-order valence-corrected chi connectivity index (χ1v) is 10.8. The summed E-state index contributed by atoms with van der Waals surface area (Å²) in [4.78, 5) is 30.5. The minimum absolute atomic E-state index is 0.0937. The fourth-order valence-electron chi connectivity index (χ4n) is 3.42. The van der Waals surface area contributed by atoms with Crippen molar-refractivity contribution in [3.05, 3.63) is 41.6 Å². The number of aryl methyl sites for hydroxylation is 1. The van der Waals surface area contributed by atoms with Crippen LogP contribution in [0.3, 0.4) is 0 Å². The lowest BCUT2D eigenvalue weighted by atomic mass is 10.2. The molecule has 0 spiro atoms. The van der Waals surface area contributed by atoms with E-state index in [-0.39, 0.29) is 25.6 Å². The van der Waals surface area contributed by atoms with Crippen LogP contribution < -0.4 is 15.5 Å². The molecule has 164 valence electrons. The summed E-state index contributed by atoms with van der Waals surface area (Å²) < 4.78 is 21.3. The number of fused-ring (bicyclic) bond motifs is 1. The van der Waals surface area contributed by atoms with Gasteiger partial charge in [-0.25, -0.2) is 14.2 Å². The molecule has 2 aromatic heterocycles. The highest BCUT2D eigenvalue weighted by Gasteiger charge is 2.36. The van der Waals surface area contributed by atoms with Gasteiger partial charge in [0, 0.05) is 13.5 Å². The van der Waals surface area contributed by atoms with Crippen LogP contribution in [0.2, 0.25) is 0 Å². The van der Waals surface area contributed by atoms with Crippen molar-refractivity contribution in [2.24, 2.45) is 0 Å². The molecule has 2 N–H and O–H groups in total. The Labute approximate surface area is 182 Å². The van der Waals surface area contributed by atoms with Crippen LogP contribution in [0.1, 0.15) is 25.1 Å². The predicted octanol–water partition coefficient (Wildman–Crippen LogP) is 2.76. The summed E-state index contributed by atoms with van der Waals surface area (Å²) in [5, 5.41) is 10.4. The summed E-state index contributed by atoms with van der Waals surface area (Å²) in [6.07, 6.45) is -1.27. The highest BCUT2D eigenvalue weighted by Crippen LogP contribution is 2.30. The fraction of sp³-hybridized carbons (Fsp3) is 0.400. The average Bonchev–Trinajstić information content (AvgIpc) is 3.41. The van der Waals surface area contributed by atoms with E-state index >= 15 is 0 Å². The number of nitrogens with zero attached hydrogens (tertiary/aromatic N) is 4. The molecule has 1 aliphatic rings. The second-order valence-corrected chi connectivity index (χ2v) is 8.19. The summed E-state index contributed by atoms with van der Waals surface area (Å²) in [6, 6.07) is 8.58. The molecule has 3 heterocycles. The summed E-state index contributed by atoms with van der Waals surface area (Å²) in [7, 11) is 0. The molecule has 0 aliphatic carbocycles. The first kappa shape index (κ1) is 21.0. The number of ether oxygens (including phenoxy) is 1. The van der Waals surface area contributed by atoms with Gasteiger partial charge in [-0.2, -0.15) is 4.52 Å². The van der Waals surface area contributed by atoms with Crippen LogP contribution >= 0.6 is 11.3 Å². The Kier molecular flexibility index (Phi) is 6.03. The number of benzene rings is 1. The number of nitrogens with one attached hydrogen (secondary N) is 2. The molecule has 1 aromatic carbocycles. The number of hydrogen-bond acceptors (Lipinski definition) is 7. The lowest BCUT2D eigenvalue weighted by molar-refractivity contribution is -0.114. The SMILES string of the molecule is CCc1nc2sc(N3C[C@H](F)[C@H](NC(=O)OCc4ccccc4)C3)nn2c1NC(C)=O. The standard InChI is InChI=1S/C20H23FN6O3S/c1-3-15-17(22-12(2)28)27-18(23-15)31-19(25-27)26-9-14(21)16(10-26)24-20(29)30-11-13-7-5-4-6-8-13/h4-8,14,16H,3,9-11H2,1-2H3,(H,22,28)(H,24,29)/t14-,16+/m0/s1. The normalized spacial score (nSPS) is 18.4. The Balaban J connectivity index is 1.41. The molecular formula is C20H23FN6O3S. The Morgan fingerprint density at radius 1 is 1.29 bits per heavy atom. The van der Waals surface area contributed by atoms with E-state index < -0.39 is 18.3 Å². The lowest BCUT2D eigenvalue weighted by Crippen LogP contribution is -2.41. The van der Waals surface area contributed by atoms with Gasteiger partial charge in [-0.3, -0.25) is 4.79 Å². The monoisotopic (exact) mass is 446 g/mol. The average molecular weight is 447 g/mol. The topological polar surface area (TPSA) is 101 Å². The molecule has 4 rings (SSSR count). The number of alkyl halides is 1. The van der Waals surface area contributed by atoms with E-state index in [1.165, 1.54) is 18.3 Å². The number of carbonyl (C=O) groups is 2. The zero-order valence-electron chi connectivity index (χ0n) is 17.2. The molecule has 1 fully saturated rings. The van der Waals surface area contributed by atoms with Gasteiger partial charge >= 0.3 is 6.09 Å². The minimum atomic E-state index is -1.26. The van der Waals surface area contributed by atoms with E-state index in [1.54, 1.807) is 9.42 Å². The second kappa shape index (κ2) is 8.88. The molecule has 2 atom stereocenters. The first-order valence-electron chi connectivity index (χ1n) is 9.97. The van der Waals surface area contributed by atoms with Crippen molar-refractivity contribution >= 4 is 39.2 Å². The molecular weight excluding hydrogens is 423 g/mol. The fourth-order valence-corrected chi connectivity index (χ4v) is 4.36. The number of imidazole rings is 1. The smallest absolute Gasteiger partial charge is 0.407 e. The van der Waals surface area contributed by atoms with Gasteiger partial charge in [0.25, 0.3) is 0 Å². The van der Waals surface area contributed by atoms with Crippen molar-refractivity contribution in [3.63, 3.8) is 0 Å². The van der Waals surface area contributed by atoms with E-state index in [2.05, 4.69) is 20.7 Å². The van der Waals surface area contributed by atoms with Crippen LogP contribution in [0.25, 0.3) is 4.96 Å². The first-order chi connectivity index (χ1) is 14.9. The van der Waals surface area contributed by atoms with Gasteiger partial charge in [-0.1, -0.05) is 48.6 Å². The van der Waals surface area contributed by atoms with Gasteiger partial charge in [0.05, 0.1) is 18.3 Å². The summed E-state index contributed by atoms with van der Waals surface area (Å²) in [5.74, 6) is 0.317. The Morgan fingerprint density at radius 2 is 2.06 bits per heavy atom. The van der Waals surface area contributed by atoms with Crippen LogP contribution in [0.5, 0.6) is 0 Å². The van der Waals surface area contributed by atoms with Gasteiger partial charge in [0.15, 0.2) is 5.82 Å². The van der Waals surface area contributed by atoms with Gasteiger partial charge in [-0.05, 0) is 12.0 Å². The van der Waals surface area contributed by atoms with Crippen LogP contribution in [-0.2, 0) is 22.6 Å². The van der Waals surface area contributed by atoms with Crippen molar-refractivity contribution in [1.29, 1.82) is 0 Å². The Hall–Kier alpha value is -3.21. The van der Waals surface area contributed by atoms with E-state index in [0.29, 0.717) is 22.3 Å². The number of hydrogen-bond donors (Lipinski definition) is 2. The third kappa shape index (κ3) is 4.61. The third-order valence-electron chi connectivity index (χ3n) is 4.93. The van der Waals surface area contributed by atoms with Crippen LogP contribution in [0, 0.1) is 0 Å². The Morgan fingerprint density at radius 3 is 2.77 bits per heavy atom. The second-order valence-electron chi connectivity index (χ2n) is 7.25. The van der Waals surface area contributed by atoms with Crippen molar-refractivity contribution in [2.45, 2.75) is 39.1 Å². The number of carbonyl (C=O) groups excluding carboxylic acids is 2. The van der Waals surface area contributed by atoms with E-state index in [1.807, 2.05) is 37.3 Å². The maximum Gasteiger partial charge on any atom is 0.407 e. The van der Waals surface area contributed by atoms with E-state index in [4.69, 9.17) is 4.74 Å². The Bertz CT molecular complexity index is 1090. The molecule has 0 bridgehead atoms. The van der Waals surface area contributed by atoms with Gasteiger partial charge in [0.2, 0.25) is 16.0 Å². The molecule has 0 unspecified atom stereocenters. The highest BCUT2D eigenvalue weighted by atomic mass is 32.1. The predicted molar refractivity (Wildman–Crippen MR) is 115 cm³/mol. The molecule has 0 saturated carbocycles. The van der Waals surface area contributed by atoms with Gasteiger partial charge < -0.3 is 20.3 Å². The highest BCUT2D eigenvalue weighted by molar-refractivity contribution is 7.20. The van der Waals surface area contributed by atoms with Gasteiger partial charge in [-0.15, -0.1) is 5.10 Å². The van der Waals surface area contributed by atoms with Crippen LogP contribution in [0.4, 0.5) is 20.1 Å². The molecule has 1 saturated heterocycles. The quantitative estimate of drug-likeness (QED) is 0.604. The molecule has 3 aromatic rings. The van der Waals surface area contributed by atoms with E-state index in [0.717, 1.165) is 11.3 Å². The molecule has 11 heteroatoms. The molecule has 31 heavy (non-hydrogen) atoms. The summed E-state index contributed by atoms with van der Waals surface area (Å²) in [6.45, 7) is 3.84. The van der Waals surface area contributed by atoms with Crippen molar-refractivity contribution in [2.75, 3.05) is 23.3 Å². The minimum Gasteiger partial charge on any atom is -0.445 e. The zero-order valence-corrected chi connectivity index (χ0v) is 18.0. The number of rotatable bonds is 6. The number of anilines is 2. The number of alkyl carbamates (subject to hydrolysis) is 1.